The van der Waals surface area contributed by atoms with Crippen molar-refractivity contribution in [3.63, 3.8) is 0 Å². The molecule has 1 aromatic heterocycles. The molecule has 1 amide bonds. The molecule has 1 fully saturated rings. The summed E-state index contributed by atoms with van der Waals surface area (Å²) in [5.41, 5.74) is 1.59. The summed E-state index contributed by atoms with van der Waals surface area (Å²) < 4.78 is 11.8. The van der Waals surface area contributed by atoms with Crippen molar-refractivity contribution in [1.29, 1.82) is 0 Å². The molecule has 26 heavy (non-hydrogen) atoms. The van der Waals surface area contributed by atoms with Crippen LogP contribution in [0.15, 0.2) is 35.5 Å². The number of methoxy groups -OCH3 is 1. The van der Waals surface area contributed by atoms with Crippen molar-refractivity contribution in [2.24, 2.45) is 0 Å². The van der Waals surface area contributed by atoms with Crippen molar-refractivity contribution in [2.75, 3.05) is 26.8 Å². The van der Waals surface area contributed by atoms with Gasteiger partial charge in [-0.05, 0) is 30.9 Å². The van der Waals surface area contributed by atoms with E-state index in [1.165, 1.54) is 18.1 Å². The first-order valence-electron chi connectivity index (χ1n) is 8.77. The Morgan fingerprint density at radius 2 is 2.15 bits per heavy atom. The molecule has 0 bridgehead atoms. The molecule has 0 radical (unpaired) electrons. The number of carbonyl (C=O) groups is 1. The molecule has 1 spiro atoms. The second kappa shape index (κ2) is 6.57. The third-order valence-electron chi connectivity index (χ3n) is 5.34. The number of ether oxygens (including phenoxy) is 2. The van der Waals surface area contributed by atoms with E-state index in [0.717, 1.165) is 17.7 Å². The van der Waals surface area contributed by atoms with Crippen LogP contribution in [0.2, 0.25) is 0 Å². The van der Waals surface area contributed by atoms with E-state index in [0.29, 0.717) is 32.5 Å². The number of benzene rings is 1. The number of fused-ring (bicyclic) bond motifs is 2. The highest BCUT2D eigenvalue weighted by atomic mass is 16.5. The highest BCUT2D eigenvalue weighted by molar-refractivity contribution is 5.93. The SMILES string of the molecule is COc1cccc2c1C1(CCN(C(=O)c3cnc[nH]c3=O)CC1)OCC2. The first-order valence-corrected chi connectivity index (χ1v) is 8.77. The second-order valence-corrected chi connectivity index (χ2v) is 6.67. The van der Waals surface area contributed by atoms with Gasteiger partial charge in [0.1, 0.15) is 16.9 Å². The zero-order valence-electron chi connectivity index (χ0n) is 14.7. The second-order valence-electron chi connectivity index (χ2n) is 6.67. The van der Waals surface area contributed by atoms with Gasteiger partial charge in [0, 0.05) is 24.8 Å². The predicted molar refractivity (Wildman–Crippen MR) is 94.3 cm³/mol. The van der Waals surface area contributed by atoms with E-state index in [9.17, 15) is 9.59 Å². The number of amides is 1. The maximum Gasteiger partial charge on any atom is 0.263 e. The first kappa shape index (κ1) is 16.8. The lowest BCUT2D eigenvalue weighted by atomic mass is 9.78. The molecule has 0 saturated carbocycles. The van der Waals surface area contributed by atoms with E-state index in [1.807, 2.05) is 12.1 Å². The number of likely N-dealkylation sites (tertiary alicyclic amines) is 1. The number of hydrogen-bond acceptors (Lipinski definition) is 5. The van der Waals surface area contributed by atoms with Crippen LogP contribution in [0.25, 0.3) is 0 Å². The van der Waals surface area contributed by atoms with Crippen LogP contribution in [0, 0.1) is 0 Å². The molecule has 136 valence electrons. The monoisotopic (exact) mass is 355 g/mol. The topological polar surface area (TPSA) is 84.5 Å². The fourth-order valence-corrected chi connectivity index (χ4v) is 4.03. The van der Waals surface area contributed by atoms with E-state index in [4.69, 9.17) is 9.47 Å². The van der Waals surface area contributed by atoms with Gasteiger partial charge in [-0.25, -0.2) is 4.98 Å². The van der Waals surface area contributed by atoms with Gasteiger partial charge in [-0.1, -0.05) is 12.1 Å². The molecular weight excluding hydrogens is 334 g/mol. The quantitative estimate of drug-likeness (QED) is 0.882. The van der Waals surface area contributed by atoms with Gasteiger partial charge in [0.15, 0.2) is 0 Å². The smallest absolute Gasteiger partial charge is 0.263 e. The minimum atomic E-state index is -0.432. The Bertz CT molecular complexity index is 870. The number of H-pyrrole nitrogens is 1. The number of rotatable bonds is 2. The average molecular weight is 355 g/mol. The standard InChI is InChI=1S/C19H21N3O4/c1-25-15-4-2-3-13-5-10-26-19(16(13)15)6-8-22(9-7-19)18(24)14-11-20-12-21-17(14)23/h2-4,11-12H,5-10H2,1H3,(H,20,21,23). The molecule has 1 saturated heterocycles. The van der Waals surface area contributed by atoms with E-state index in [-0.39, 0.29) is 11.5 Å². The van der Waals surface area contributed by atoms with Gasteiger partial charge in [-0.15, -0.1) is 0 Å². The summed E-state index contributed by atoms with van der Waals surface area (Å²) >= 11 is 0. The third kappa shape index (κ3) is 2.68. The van der Waals surface area contributed by atoms with Crippen molar-refractivity contribution in [3.05, 3.63) is 57.8 Å². The molecule has 7 nitrogen and oxygen atoms in total. The van der Waals surface area contributed by atoms with Crippen LogP contribution in [-0.4, -0.2) is 47.6 Å². The molecule has 2 aromatic rings. The van der Waals surface area contributed by atoms with Gasteiger partial charge in [-0.3, -0.25) is 9.59 Å². The number of hydrogen-bond donors (Lipinski definition) is 1. The number of carbonyl (C=O) groups excluding carboxylic acids is 1. The lowest BCUT2D eigenvalue weighted by Gasteiger charge is -2.45. The van der Waals surface area contributed by atoms with Crippen LogP contribution in [0.4, 0.5) is 0 Å². The molecule has 1 aromatic carbocycles. The number of nitrogens with one attached hydrogen (secondary N) is 1. The van der Waals surface area contributed by atoms with E-state index < -0.39 is 11.2 Å². The average Bonchev–Trinajstić information content (AvgIpc) is 2.68. The van der Waals surface area contributed by atoms with Gasteiger partial charge in [0.2, 0.25) is 0 Å². The van der Waals surface area contributed by atoms with E-state index in [2.05, 4.69) is 16.0 Å². The van der Waals surface area contributed by atoms with Crippen LogP contribution in [0.5, 0.6) is 5.75 Å². The Balaban J connectivity index is 1.59. The molecule has 7 heteroatoms. The highest BCUT2D eigenvalue weighted by Gasteiger charge is 2.43. The van der Waals surface area contributed by atoms with Gasteiger partial charge < -0.3 is 19.4 Å². The van der Waals surface area contributed by atoms with Crippen LogP contribution < -0.4 is 10.3 Å². The molecular formula is C19H21N3O4. The van der Waals surface area contributed by atoms with Crippen LogP contribution >= 0.6 is 0 Å². The van der Waals surface area contributed by atoms with Crippen LogP contribution in [-0.2, 0) is 16.8 Å². The Labute approximate surface area is 151 Å². The first-order chi connectivity index (χ1) is 12.6. The van der Waals surface area contributed by atoms with Crippen molar-refractivity contribution >= 4 is 5.91 Å². The summed E-state index contributed by atoms with van der Waals surface area (Å²) in [6.45, 7) is 1.70. The summed E-state index contributed by atoms with van der Waals surface area (Å²) in [4.78, 5) is 32.5. The number of aromatic amines is 1. The summed E-state index contributed by atoms with van der Waals surface area (Å²) in [7, 11) is 1.67. The minimum absolute atomic E-state index is 0.0750. The third-order valence-corrected chi connectivity index (χ3v) is 5.34. The van der Waals surface area contributed by atoms with Crippen molar-refractivity contribution in [3.8, 4) is 5.75 Å². The van der Waals surface area contributed by atoms with Crippen molar-refractivity contribution in [2.45, 2.75) is 24.9 Å². The molecule has 2 aliphatic rings. The predicted octanol–water partition coefficient (Wildman–Crippen LogP) is 1.48. The van der Waals surface area contributed by atoms with Gasteiger partial charge in [-0.2, -0.15) is 0 Å². The summed E-state index contributed by atoms with van der Waals surface area (Å²) in [6, 6.07) is 6.08. The van der Waals surface area contributed by atoms with Gasteiger partial charge in [0.05, 0.1) is 20.0 Å². The molecule has 1 N–H and O–H groups in total. The van der Waals surface area contributed by atoms with Crippen molar-refractivity contribution < 1.29 is 14.3 Å². The highest BCUT2D eigenvalue weighted by Crippen LogP contribution is 2.45. The Hall–Kier alpha value is -2.67. The minimum Gasteiger partial charge on any atom is -0.496 e. The van der Waals surface area contributed by atoms with Crippen LogP contribution in [0.3, 0.4) is 0 Å². The van der Waals surface area contributed by atoms with Gasteiger partial charge >= 0.3 is 0 Å². The zero-order chi connectivity index (χ0) is 18.1. The lowest BCUT2D eigenvalue weighted by molar-refractivity contribution is -0.0946. The molecule has 0 aliphatic carbocycles. The van der Waals surface area contributed by atoms with E-state index in [1.54, 1.807) is 12.0 Å². The normalized spacial score (nSPS) is 18.4. The fourth-order valence-electron chi connectivity index (χ4n) is 4.03. The number of aromatic nitrogens is 2. The summed E-state index contributed by atoms with van der Waals surface area (Å²) in [5.74, 6) is 0.552. The zero-order valence-corrected chi connectivity index (χ0v) is 14.7. The molecule has 0 atom stereocenters. The molecule has 0 unspecified atom stereocenters. The largest absolute Gasteiger partial charge is 0.496 e. The molecule has 4 rings (SSSR count). The maximum atomic E-state index is 12.7. The van der Waals surface area contributed by atoms with E-state index >= 15 is 0 Å². The van der Waals surface area contributed by atoms with Gasteiger partial charge in [0.25, 0.3) is 11.5 Å². The molecule has 2 aliphatic heterocycles. The van der Waals surface area contributed by atoms with Crippen molar-refractivity contribution in [1.82, 2.24) is 14.9 Å². The van der Waals surface area contributed by atoms with Crippen LogP contribution in [0.1, 0.15) is 34.3 Å². The maximum absolute atomic E-state index is 12.7. The number of piperidine rings is 1. The molecule has 3 heterocycles. The lowest BCUT2D eigenvalue weighted by Crippen LogP contribution is -2.49. The summed E-state index contributed by atoms with van der Waals surface area (Å²) in [5, 5.41) is 0. The Morgan fingerprint density at radius 3 is 2.88 bits per heavy atom. The fraction of sp³-hybridized carbons (Fsp3) is 0.421. The Morgan fingerprint density at radius 1 is 1.35 bits per heavy atom. The Kier molecular flexibility index (Phi) is 4.24. The summed E-state index contributed by atoms with van der Waals surface area (Å²) in [6.07, 6.45) is 4.81. The number of nitrogens with zero attached hydrogens (tertiary/aromatic N) is 2.